The number of carbonyl (C=O) groups is 1. The van der Waals surface area contributed by atoms with Gasteiger partial charge in [0.2, 0.25) is 5.91 Å². The number of hydrogen-bond acceptors (Lipinski definition) is 4. The summed E-state index contributed by atoms with van der Waals surface area (Å²) in [5, 5.41) is 4.20. The summed E-state index contributed by atoms with van der Waals surface area (Å²) in [5.74, 6) is 0.701. The average molecular weight is 358 g/mol. The summed E-state index contributed by atoms with van der Waals surface area (Å²) in [5.41, 5.74) is 2.32. The lowest BCUT2D eigenvalue weighted by molar-refractivity contribution is -0.124. The van der Waals surface area contributed by atoms with Crippen LogP contribution in [0, 0.1) is 5.92 Å². The van der Waals surface area contributed by atoms with E-state index in [2.05, 4.69) is 53.3 Å². The van der Waals surface area contributed by atoms with Gasteiger partial charge >= 0.3 is 0 Å². The molecule has 1 aliphatic rings. The first kappa shape index (κ1) is 18.1. The van der Waals surface area contributed by atoms with Crippen molar-refractivity contribution in [2.45, 2.75) is 46.2 Å². The Labute approximate surface area is 154 Å². The Balaban J connectivity index is 1.59. The molecule has 134 valence electrons. The van der Waals surface area contributed by atoms with E-state index in [9.17, 15) is 4.79 Å². The second kappa shape index (κ2) is 7.67. The topological polar surface area (TPSA) is 45.2 Å². The molecule has 1 N–H and O–H groups in total. The highest BCUT2D eigenvalue weighted by Crippen LogP contribution is 2.35. The molecule has 2 heterocycles. The monoisotopic (exact) mass is 357 g/mol. The van der Waals surface area contributed by atoms with E-state index in [4.69, 9.17) is 0 Å². The molecule has 25 heavy (non-hydrogen) atoms. The van der Waals surface area contributed by atoms with E-state index >= 15 is 0 Å². The molecule has 0 atom stereocenters. The SMILES string of the molecule is CC(C)C(=O)NCc1ccc(-c2cnc(C3CN(C(C)C)C3)s2)cc1. The van der Waals surface area contributed by atoms with Crippen molar-refractivity contribution in [3.8, 4) is 10.4 Å². The Morgan fingerprint density at radius 1 is 1.24 bits per heavy atom. The first-order valence-corrected chi connectivity index (χ1v) is 9.82. The minimum absolute atomic E-state index is 0.0213. The third-order valence-corrected chi connectivity index (χ3v) is 5.95. The van der Waals surface area contributed by atoms with Gasteiger partial charge in [0.1, 0.15) is 0 Å². The van der Waals surface area contributed by atoms with Crippen molar-refractivity contribution >= 4 is 17.2 Å². The second-order valence-electron chi connectivity index (χ2n) is 7.38. The molecular weight excluding hydrogens is 330 g/mol. The van der Waals surface area contributed by atoms with Crippen LogP contribution in [0.25, 0.3) is 10.4 Å². The fourth-order valence-corrected chi connectivity index (χ4v) is 3.89. The summed E-state index contributed by atoms with van der Waals surface area (Å²) in [6.45, 7) is 11.1. The molecule has 1 amide bonds. The molecule has 0 radical (unpaired) electrons. The molecule has 1 fully saturated rings. The summed E-state index contributed by atoms with van der Waals surface area (Å²) in [7, 11) is 0. The molecule has 0 aliphatic carbocycles. The van der Waals surface area contributed by atoms with Gasteiger partial charge in [-0.1, -0.05) is 38.1 Å². The lowest BCUT2D eigenvalue weighted by atomic mass is 9.99. The van der Waals surface area contributed by atoms with Crippen molar-refractivity contribution in [1.82, 2.24) is 15.2 Å². The van der Waals surface area contributed by atoms with Crippen molar-refractivity contribution in [2.24, 2.45) is 5.92 Å². The molecule has 5 heteroatoms. The number of carbonyl (C=O) groups excluding carboxylic acids is 1. The van der Waals surface area contributed by atoms with Gasteiger partial charge in [0.15, 0.2) is 0 Å². The molecule has 0 saturated carbocycles. The molecule has 1 aromatic heterocycles. The number of thiazole rings is 1. The average Bonchev–Trinajstić information content (AvgIpc) is 3.00. The summed E-state index contributed by atoms with van der Waals surface area (Å²) in [6.07, 6.45) is 1.99. The number of nitrogens with one attached hydrogen (secondary N) is 1. The van der Waals surface area contributed by atoms with Gasteiger partial charge < -0.3 is 5.32 Å². The molecule has 3 rings (SSSR count). The largest absolute Gasteiger partial charge is 0.352 e. The first-order valence-electron chi connectivity index (χ1n) is 9.01. The predicted octanol–water partition coefficient (Wildman–Crippen LogP) is 3.89. The van der Waals surface area contributed by atoms with Gasteiger partial charge in [-0.3, -0.25) is 9.69 Å². The number of nitrogens with zero attached hydrogens (tertiary/aromatic N) is 2. The van der Waals surface area contributed by atoms with E-state index in [0.717, 1.165) is 18.7 Å². The van der Waals surface area contributed by atoms with Gasteiger partial charge in [0, 0.05) is 43.7 Å². The predicted molar refractivity (Wildman–Crippen MR) is 104 cm³/mol. The standard InChI is InChI=1S/C20H27N3OS/c1-13(2)19(24)21-9-15-5-7-16(8-6-15)18-10-22-20(25-18)17-11-23(12-17)14(3)4/h5-8,10,13-14,17H,9,11-12H2,1-4H3,(H,21,24). The van der Waals surface area contributed by atoms with Crippen LogP contribution in [0.1, 0.15) is 44.2 Å². The minimum atomic E-state index is 0.0213. The van der Waals surface area contributed by atoms with Crippen molar-refractivity contribution in [3.05, 3.63) is 41.0 Å². The van der Waals surface area contributed by atoms with Gasteiger partial charge in [0.05, 0.1) is 9.88 Å². The van der Waals surface area contributed by atoms with Crippen molar-refractivity contribution < 1.29 is 4.79 Å². The maximum Gasteiger partial charge on any atom is 0.222 e. The quantitative estimate of drug-likeness (QED) is 0.853. The molecular formula is C20H27N3OS. The van der Waals surface area contributed by atoms with Gasteiger partial charge in [0.25, 0.3) is 0 Å². The zero-order valence-corrected chi connectivity index (χ0v) is 16.3. The van der Waals surface area contributed by atoms with Crippen LogP contribution in [0.2, 0.25) is 0 Å². The Morgan fingerprint density at radius 2 is 1.92 bits per heavy atom. The molecule has 1 saturated heterocycles. The van der Waals surface area contributed by atoms with Gasteiger partial charge in [-0.05, 0) is 25.0 Å². The normalized spacial score (nSPS) is 15.6. The molecule has 0 unspecified atom stereocenters. The fraction of sp³-hybridized carbons (Fsp3) is 0.500. The van der Waals surface area contributed by atoms with Crippen LogP contribution < -0.4 is 5.32 Å². The Morgan fingerprint density at radius 3 is 2.52 bits per heavy atom. The van der Waals surface area contributed by atoms with Crippen molar-refractivity contribution in [2.75, 3.05) is 13.1 Å². The lowest BCUT2D eigenvalue weighted by Gasteiger charge is -2.41. The number of hydrogen-bond donors (Lipinski definition) is 1. The molecule has 1 aliphatic heterocycles. The minimum Gasteiger partial charge on any atom is -0.352 e. The zero-order chi connectivity index (χ0) is 18.0. The highest BCUT2D eigenvalue weighted by atomic mass is 32.1. The van der Waals surface area contributed by atoms with E-state index < -0.39 is 0 Å². The van der Waals surface area contributed by atoms with Crippen LogP contribution >= 0.6 is 11.3 Å². The lowest BCUT2D eigenvalue weighted by Crippen LogP contribution is -2.48. The number of benzene rings is 1. The Bertz CT molecular complexity index is 715. The van der Waals surface area contributed by atoms with Crippen LogP contribution in [0.4, 0.5) is 0 Å². The molecule has 0 spiro atoms. The van der Waals surface area contributed by atoms with Crippen LogP contribution in [0.5, 0.6) is 0 Å². The van der Waals surface area contributed by atoms with E-state index in [1.165, 1.54) is 15.4 Å². The van der Waals surface area contributed by atoms with Crippen LogP contribution in [0.3, 0.4) is 0 Å². The summed E-state index contributed by atoms with van der Waals surface area (Å²) in [6, 6.07) is 9.03. The van der Waals surface area contributed by atoms with E-state index in [1.807, 2.05) is 20.0 Å². The number of amides is 1. The highest BCUT2D eigenvalue weighted by Gasteiger charge is 2.31. The van der Waals surface area contributed by atoms with Crippen molar-refractivity contribution in [1.29, 1.82) is 0 Å². The van der Waals surface area contributed by atoms with Crippen LogP contribution in [-0.4, -0.2) is 34.9 Å². The van der Waals surface area contributed by atoms with E-state index in [0.29, 0.717) is 18.5 Å². The Kier molecular flexibility index (Phi) is 5.54. The van der Waals surface area contributed by atoms with Crippen molar-refractivity contribution in [3.63, 3.8) is 0 Å². The molecule has 0 bridgehead atoms. The zero-order valence-electron chi connectivity index (χ0n) is 15.5. The first-order chi connectivity index (χ1) is 11.9. The number of aromatic nitrogens is 1. The van der Waals surface area contributed by atoms with Gasteiger partial charge in [-0.15, -0.1) is 11.3 Å². The highest BCUT2D eigenvalue weighted by molar-refractivity contribution is 7.15. The summed E-state index contributed by atoms with van der Waals surface area (Å²) < 4.78 is 0. The summed E-state index contributed by atoms with van der Waals surface area (Å²) >= 11 is 1.80. The van der Waals surface area contributed by atoms with Crippen LogP contribution in [0.15, 0.2) is 30.5 Å². The molecule has 2 aromatic rings. The van der Waals surface area contributed by atoms with Crippen LogP contribution in [-0.2, 0) is 11.3 Å². The van der Waals surface area contributed by atoms with Gasteiger partial charge in [-0.2, -0.15) is 0 Å². The third-order valence-electron chi connectivity index (χ3n) is 4.74. The summed E-state index contributed by atoms with van der Waals surface area (Å²) in [4.78, 5) is 20.0. The molecule has 1 aromatic carbocycles. The fourth-order valence-electron chi connectivity index (χ4n) is 2.88. The van der Waals surface area contributed by atoms with E-state index in [-0.39, 0.29) is 11.8 Å². The van der Waals surface area contributed by atoms with E-state index in [1.54, 1.807) is 11.3 Å². The molecule has 4 nitrogen and oxygen atoms in total. The number of rotatable bonds is 6. The third kappa shape index (κ3) is 4.28. The second-order valence-corrected chi connectivity index (χ2v) is 8.44. The Hall–Kier alpha value is -1.72. The van der Waals surface area contributed by atoms with Gasteiger partial charge in [-0.25, -0.2) is 4.98 Å². The number of likely N-dealkylation sites (tertiary alicyclic amines) is 1. The smallest absolute Gasteiger partial charge is 0.222 e. The maximum atomic E-state index is 11.6. The maximum absolute atomic E-state index is 11.6.